The van der Waals surface area contributed by atoms with E-state index in [1.54, 1.807) is 18.2 Å². The Morgan fingerprint density at radius 2 is 1.30 bits per heavy atom. The summed E-state index contributed by atoms with van der Waals surface area (Å²) in [5.74, 6) is -3.64. The van der Waals surface area contributed by atoms with Crippen LogP contribution in [0.25, 0.3) is 0 Å². The van der Waals surface area contributed by atoms with Crippen molar-refractivity contribution in [3.8, 4) is 0 Å². The molecule has 2 aromatic rings. The first-order valence-corrected chi connectivity index (χ1v) is 5.80. The van der Waals surface area contributed by atoms with Crippen LogP contribution in [0.5, 0.6) is 0 Å². The Kier molecular flexibility index (Phi) is 3.70. The highest BCUT2D eigenvalue weighted by atomic mass is 16.4. The fraction of sp³-hybridized carbons (Fsp3) is 0.0667. The second kappa shape index (κ2) is 5.44. The van der Waals surface area contributed by atoms with Gasteiger partial charge in [0, 0.05) is 12.5 Å². The molecule has 100 valence electrons. The Labute approximate surface area is 114 Å². The maximum absolute atomic E-state index is 11.9. The largest absolute Gasteiger partial charge is 0.449 e. The standard InChI is InChI=1S/C15H10O5/c1-9(16)13(17)11-7-8-12(20-11)15(19)14(18)10-5-3-2-4-6-10/h2-8H,1H3. The van der Waals surface area contributed by atoms with E-state index in [1.807, 2.05) is 0 Å². The Hall–Kier alpha value is -2.82. The molecule has 0 aliphatic heterocycles. The zero-order valence-corrected chi connectivity index (χ0v) is 10.6. The van der Waals surface area contributed by atoms with Crippen molar-refractivity contribution in [3.63, 3.8) is 0 Å². The molecule has 0 atom stereocenters. The predicted octanol–water partition coefficient (Wildman–Crippen LogP) is 2.12. The molecule has 20 heavy (non-hydrogen) atoms. The predicted molar refractivity (Wildman–Crippen MR) is 68.8 cm³/mol. The highest BCUT2D eigenvalue weighted by Crippen LogP contribution is 2.13. The van der Waals surface area contributed by atoms with Gasteiger partial charge in [-0.1, -0.05) is 30.3 Å². The first kappa shape index (κ1) is 13.6. The molecule has 0 aliphatic carbocycles. The number of ketones is 4. The first-order chi connectivity index (χ1) is 9.50. The first-order valence-electron chi connectivity index (χ1n) is 5.80. The van der Waals surface area contributed by atoms with Crippen molar-refractivity contribution in [1.29, 1.82) is 0 Å². The summed E-state index contributed by atoms with van der Waals surface area (Å²) in [5, 5.41) is 0. The summed E-state index contributed by atoms with van der Waals surface area (Å²) in [6, 6.07) is 10.4. The highest BCUT2D eigenvalue weighted by molar-refractivity contribution is 6.48. The summed E-state index contributed by atoms with van der Waals surface area (Å²) in [7, 11) is 0. The molecule has 0 unspecified atom stereocenters. The molecular weight excluding hydrogens is 260 g/mol. The fourth-order valence-corrected chi connectivity index (χ4v) is 1.59. The van der Waals surface area contributed by atoms with Gasteiger partial charge in [-0.2, -0.15) is 0 Å². The number of benzene rings is 1. The minimum atomic E-state index is -0.862. The van der Waals surface area contributed by atoms with Gasteiger partial charge in [0.05, 0.1) is 0 Å². The summed E-state index contributed by atoms with van der Waals surface area (Å²) in [5.41, 5.74) is 0.230. The topological polar surface area (TPSA) is 81.4 Å². The molecule has 0 saturated carbocycles. The number of furan rings is 1. The molecule has 0 fully saturated rings. The number of rotatable bonds is 5. The zero-order valence-electron chi connectivity index (χ0n) is 10.6. The Morgan fingerprint density at radius 3 is 1.85 bits per heavy atom. The van der Waals surface area contributed by atoms with Gasteiger partial charge in [-0.3, -0.25) is 19.2 Å². The molecule has 0 N–H and O–H groups in total. The lowest BCUT2D eigenvalue weighted by Gasteiger charge is -1.97. The molecule has 0 bridgehead atoms. The normalized spacial score (nSPS) is 10.1. The second-order valence-corrected chi connectivity index (χ2v) is 4.07. The molecule has 1 aromatic carbocycles. The van der Waals surface area contributed by atoms with Gasteiger partial charge in [0.15, 0.2) is 11.5 Å². The number of hydrogen-bond donors (Lipinski definition) is 0. The van der Waals surface area contributed by atoms with E-state index in [2.05, 4.69) is 0 Å². The van der Waals surface area contributed by atoms with Gasteiger partial charge in [-0.05, 0) is 12.1 Å². The van der Waals surface area contributed by atoms with Crippen molar-refractivity contribution >= 4 is 23.1 Å². The quantitative estimate of drug-likeness (QED) is 0.614. The molecule has 5 heteroatoms. The van der Waals surface area contributed by atoms with E-state index < -0.39 is 23.1 Å². The summed E-state index contributed by atoms with van der Waals surface area (Å²) < 4.78 is 4.97. The van der Waals surface area contributed by atoms with Gasteiger partial charge >= 0.3 is 0 Å². The van der Waals surface area contributed by atoms with Crippen molar-refractivity contribution in [3.05, 3.63) is 59.5 Å². The summed E-state index contributed by atoms with van der Waals surface area (Å²) in [6.45, 7) is 1.10. The molecule has 1 aromatic heterocycles. The van der Waals surface area contributed by atoms with Crippen molar-refractivity contribution in [1.82, 2.24) is 0 Å². The second-order valence-electron chi connectivity index (χ2n) is 4.07. The van der Waals surface area contributed by atoms with Crippen molar-refractivity contribution < 1.29 is 23.6 Å². The van der Waals surface area contributed by atoms with Crippen molar-refractivity contribution in [2.24, 2.45) is 0 Å². The van der Waals surface area contributed by atoms with E-state index in [1.165, 1.54) is 24.3 Å². The van der Waals surface area contributed by atoms with Crippen LogP contribution in [0.2, 0.25) is 0 Å². The Morgan fingerprint density at radius 1 is 0.750 bits per heavy atom. The van der Waals surface area contributed by atoms with E-state index in [9.17, 15) is 19.2 Å². The summed E-state index contributed by atoms with van der Waals surface area (Å²) in [4.78, 5) is 46.1. The third kappa shape index (κ3) is 2.61. The van der Waals surface area contributed by atoms with Crippen LogP contribution in [-0.4, -0.2) is 23.1 Å². The smallest absolute Gasteiger partial charge is 0.268 e. The van der Waals surface area contributed by atoms with E-state index in [0.717, 1.165) is 6.92 Å². The van der Waals surface area contributed by atoms with Gasteiger partial charge < -0.3 is 4.42 Å². The van der Waals surface area contributed by atoms with Crippen molar-refractivity contribution in [2.75, 3.05) is 0 Å². The van der Waals surface area contributed by atoms with Crippen LogP contribution >= 0.6 is 0 Å². The summed E-state index contributed by atoms with van der Waals surface area (Å²) >= 11 is 0. The molecule has 0 spiro atoms. The van der Waals surface area contributed by atoms with E-state index >= 15 is 0 Å². The molecule has 0 aliphatic rings. The van der Waals surface area contributed by atoms with Gasteiger partial charge in [0.2, 0.25) is 11.6 Å². The molecular formula is C15H10O5. The van der Waals surface area contributed by atoms with E-state index in [-0.39, 0.29) is 17.1 Å². The number of hydrogen-bond acceptors (Lipinski definition) is 5. The van der Waals surface area contributed by atoms with Crippen LogP contribution in [0.4, 0.5) is 0 Å². The van der Waals surface area contributed by atoms with Crippen LogP contribution in [0.1, 0.15) is 38.4 Å². The van der Waals surface area contributed by atoms with Crippen LogP contribution in [0.15, 0.2) is 46.9 Å². The molecule has 0 radical (unpaired) electrons. The SMILES string of the molecule is CC(=O)C(=O)c1ccc(C(=O)C(=O)c2ccccc2)o1. The highest BCUT2D eigenvalue weighted by Gasteiger charge is 2.23. The molecule has 0 amide bonds. The number of carbonyl (C=O) groups is 4. The third-order valence-electron chi connectivity index (χ3n) is 2.62. The third-order valence-corrected chi connectivity index (χ3v) is 2.62. The average molecular weight is 270 g/mol. The average Bonchev–Trinajstić information content (AvgIpc) is 2.95. The van der Waals surface area contributed by atoms with E-state index in [0.29, 0.717) is 0 Å². The lowest BCUT2D eigenvalue weighted by atomic mass is 10.1. The Balaban J connectivity index is 2.25. The monoisotopic (exact) mass is 270 g/mol. The van der Waals surface area contributed by atoms with E-state index in [4.69, 9.17) is 4.42 Å². The number of carbonyl (C=O) groups excluding carboxylic acids is 4. The fourth-order valence-electron chi connectivity index (χ4n) is 1.59. The van der Waals surface area contributed by atoms with Gasteiger partial charge in [-0.25, -0.2) is 0 Å². The molecule has 0 saturated heterocycles. The van der Waals surface area contributed by atoms with Gasteiger partial charge in [-0.15, -0.1) is 0 Å². The lowest BCUT2D eigenvalue weighted by Crippen LogP contribution is -2.14. The lowest BCUT2D eigenvalue weighted by molar-refractivity contribution is -0.113. The van der Waals surface area contributed by atoms with Crippen molar-refractivity contribution in [2.45, 2.75) is 6.92 Å². The molecule has 2 rings (SSSR count). The van der Waals surface area contributed by atoms with Gasteiger partial charge in [0.1, 0.15) is 0 Å². The minimum absolute atomic E-state index is 0.230. The molecule has 5 nitrogen and oxygen atoms in total. The Bertz CT molecular complexity index is 694. The zero-order chi connectivity index (χ0) is 14.7. The van der Waals surface area contributed by atoms with Crippen LogP contribution in [0.3, 0.4) is 0 Å². The number of Topliss-reactive ketones (excluding diaryl/α,β-unsaturated/α-hetero) is 4. The molecule has 1 heterocycles. The summed E-state index contributed by atoms with van der Waals surface area (Å²) in [6.07, 6.45) is 0. The maximum Gasteiger partial charge on any atom is 0.268 e. The van der Waals surface area contributed by atoms with Crippen LogP contribution in [0, 0.1) is 0 Å². The maximum atomic E-state index is 11.9. The van der Waals surface area contributed by atoms with Crippen LogP contribution < -0.4 is 0 Å². The van der Waals surface area contributed by atoms with Gasteiger partial charge in [0.25, 0.3) is 11.6 Å². The van der Waals surface area contributed by atoms with Crippen LogP contribution in [-0.2, 0) is 4.79 Å². The minimum Gasteiger partial charge on any atom is -0.449 e.